The highest BCUT2D eigenvalue weighted by Gasteiger charge is 2.04. The molecule has 0 spiro atoms. The van der Waals surface area contributed by atoms with E-state index in [1.165, 1.54) is 22.3 Å². The molecule has 17 heavy (non-hydrogen) atoms. The van der Waals surface area contributed by atoms with E-state index in [1.54, 1.807) is 0 Å². The molecule has 1 heterocycles. The summed E-state index contributed by atoms with van der Waals surface area (Å²) in [6, 6.07) is 10.7. The van der Waals surface area contributed by atoms with Gasteiger partial charge in [-0.1, -0.05) is 18.2 Å². The molecule has 0 N–H and O–H groups in total. The number of hydrogen-bond donors (Lipinski definition) is 1. The van der Waals surface area contributed by atoms with Crippen molar-refractivity contribution in [1.29, 1.82) is 0 Å². The van der Waals surface area contributed by atoms with Crippen molar-refractivity contribution < 1.29 is 0 Å². The van der Waals surface area contributed by atoms with E-state index >= 15 is 0 Å². The summed E-state index contributed by atoms with van der Waals surface area (Å²) in [6.45, 7) is 6.30. The van der Waals surface area contributed by atoms with Crippen molar-refractivity contribution in [1.82, 2.24) is 4.98 Å². The highest BCUT2D eigenvalue weighted by atomic mass is 32.1. The second-order valence-electron chi connectivity index (χ2n) is 4.40. The molecule has 2 rings (SSSR count). The van der Waals surface area contributed by atoms with E-state index in [-0.39, 0.29) is 0 Å². The minimum atomic E-state index is 0.742. The molecule has 0 radical (unpaired) electrons. The minimum absolute atomic E-state index is 0.742. The van der Waals surface area contributed by atoms with Gasteiger partial charge in [-0.25, -0.2) is 0 Å². The summed E-state index contributed by atoms with van der Waals surface area (Å²) in [5.74, 6) is 0.742. The van der Waals surface area contributed by atoms with Gasteiger partial charge in [0.05, 0.1) is 5.69 Å². The normalized spacial score (nSPS) is 10.6. The van der Waals surface area contributed by atoms with Gasteiger partial charge in [-0.3, -0.25) is 4.98 Å². The summed E-state index contributed by atoms with van der Waals surface area (Å²) in [7, 11) is 0. The van der Waals surface area contributed by atoms with Crippen LogP contribution < -0.4 is 0 Å². The van der Waals surface area contributed by atoms with Crippen LogP contribution in [-0.2, 0) is 5.75 Å². The van der Waals surface area contributed by atoms with Crippen LogP contribution in [0.1, 0.15) is 22.4 Å². The van der Waals surface area contributed by atoms with E-state index in [0.717, 1.165) is 17.1 Å². The molecule has 0 aliphatic heterocycles. The average Bonchev–Trinajstić information content (AvgIpc) is 2.32. The van der Waals surface area contributed by atoms with Crippen molar-refractivity contribution in [2.45, 2.75) is 26.5 Å². The van der Waals surface area contributed by atoms with Crippen LogP contribution in [0, 0.1) is 20.8 Å². The zero-order chi connectivity index (χ0) is 12.4. The molecule has 2 aromatic rings. The Morgan fingerprint density at radius 2 is 1.76 bits per heavy atom. The van der Waals surface area contributed by atoms with Crippen molar-refractivity contribution in [2.75, 3.05) is 0 Å². The quantitative estimate of drug-likeness (QED) is 0.783. The monoisotopic (exact) mass is 243 g/mol. The van der Waals surface area contributed by atoms with Crippen LogP contribution in [0.25, 0.3) is 11.3 Å². The Morgan fingerprint density at radius 1 is 1.00 bits per heavy atom. The lowest BCUT2D eigenvalue weighted by atomic mass is 10.0. The lowest BCUT2D eigenvalue weighted by Gasteiger charge is -2.08. The largest absolute Gasteiger partial charge is 0.253 e. The first-order valence-corrected chi connectivity index (χ1v) is 6.40. The van der Waals surface area contributed by atoms with Gasteiger partial charge in [-0.15, -0.1) is 0 Å². The first-order valence-electron chi connectivity index (χ1n) is 5.77. The molecule has 2 heteroatoms. The van der Waals surface area contributed by atoms with Crippen molar-refractivity contribution in [2.24, 2.45) is 0 Å². The molecule has 88 valence electrons. The third-order valence-corrected chi connectivity index (χ3v) is 3.51. The fourth-order valence-electron chi connectivity index (χ4n) is 1.82. The number of pyridine rings is 1. The topological polar surface area (TPSA) is 12.9 Å². The molecule has 0 aliphatic carbocycles. The smallest absolute Gasteiger partial charge is 0.0705 e. The Bertz CT molecular complexity index is 547. The number of aryl methyl sites for hydroxylation is 3. The Labute approximate surface area is 108 Å². The molecule has 1 aromatic heterocycles. The van der Waals surface area contributed by atoms with E-state index < -0.39 is 0 Å². The maximum absolute atomic E-state index is 4.64. The zero-order valence-corrected chi connectivity index (χ0v) is 11.4. The summed E-state index contributed by atoms with van der Waals surface area (Å²) < 4.78 is 0. The molecular weight excluding hydrogens is 226 g/mol. The molecule has 1 aromatic carbocycles. The number of benzene rings is 1. The van der Waals surface area contributed by atoms with Crippen molar-refractivity contribution >= 4 is 12.6 Å². The van der Waals surface area contributed by atoms with Crippen LogP contribution >= 0.6 is 12.6 Å². The molecule has 0 saturated carbocycles. The predicted molar refractivity (Wildman–Crippen MR) is 76.6 cm³/mol. The van der Waals surface area contributed by atoms with Gasteiger partial charge >= 0.3 is 0 Å². The summed E-state index contributed by atoms with van der Waals surface area (Å²) in [6.07, 6.45) is 0. The maximum atomic E-state index is 4.64. The molecule has 0 aliphatic rings. The Hall–Kier alpha value is -1.28. The summed E-state index contributed by atoms with van der Waals surface area (Å²) in [5.41, 5.74) is 7.10. The molecule has 0 saturated heterocycles. The molecule has 0 amide bonds. The average molecular weight is 243 g/mol. The first-order chi connectivity index (χ1) is 8.11. The van der Waals surface area contributed by atoms with Gasteiger partial charge in [0.15, 0.2) is 0 Å². The van der Waals surface area contributed by atoms with Gasteiger partial charge in [-0.2, -0.15) is 12.6 Å². The first kappa shape index (κ1) is 12.2. The Morgan fingerprint density at radius 3 is 2.35 bits per heavy atom. The molecule has 0 atom stereocenters. The molecule has 0 unspecified atom stereocenters. The van der Waals surface area contributed by atoms with Crippen molar-refractivity contribution in [3.63, 3.8) is 0 Å². The van der Waals surface area contributed by atoms with Crippen molar-refractivity contribution in [3.05, 3.63) is 52.7 Å². The number of aromatic nitrogens is 1. The Balaban J connectivity index is 2.46. The fourth-order valence-corrected chi connectivity index (χ4v) is 2.15. The zero-order valence-electron chi connectivity index (χ0n) is 10.5. The Kier molecular flexibility index (Phi) is 3.53. The maximum Gasteiger partial charge on any atom is 0.0705 e. The van der Waals surface area contributed by atoms with Crippen LogP contribution in [0.5, 0.6) is 0 Å². The van der Waals surface area contributed by atoms with E-state index in [2.05, 4.69) is 61.8 Å². The SMILES string of the molecule is Cc1ccc(-c2ccc(CS)c(C)n2)cc1C. The lowest BCUT2D eigenvalue weighted by molar-refractivity contribution is 1.14. The van der Waals surface area contributed by atoms with Crippen LogP contribution in [0.2, 0.25) is 0 Å². The number of rotatable bonds is 2. The van der Waals surface area contributed by atoms with Crippen molar-refractivity contribution in [3.8, 4) is 11.3 Å². The third-order valence-electron chi connectivity index (χ3n) is 3.17. The highest BCUT2D eigenvalue weighted by Crippen LogP contribution is 2.22. The van der Waals surface area contributed by atoms with Crippen LogP contribution in [0.15, 0.2) is 30.3 Å². The lowest BCUT2D eigenvalue weighted by Crippen LogP contribution is -1.93. The number of hydrogen-bond acceptors (Lipinski definition) is 2. The second kappa shape index (κ2) is 4.92. The van der Waals surface area contributed by atoms with Gasteiger partial charge in [-0.05, 0) is 49.6 Å². The summed E-state index contributed by atoms with van der Waals surface area (Å²) in [5, 5.41) is 0. The fraction of sp³-hybridized carbons (Fsp3) is 0.267. The van der Waals surface area contributed by atoms with Gasteiger partial charge in [0.2, 0.25) is 0 Å². The van der Waals surface area contributed by atoms with Crippen LogP contribution in [-0.4, -0.2) is 4.98 Å². The number of nitrogens with zero attached hydrogens (tertiary/aromatic N) is 1. The van der Waals surface area contributed by atoms with E-state index in [1.807, 2.05) is 6.92 Å². The highest BCUT2D eigenvalue weighted by molar-refractivity contribution is 7.79. The van der Waals surface area contributed by atoms with E-state index in [0.29, 0.717) is 0 Å². The third kappa shape index (κ3) is 2.52. The number of thiol groups is 1. The molecule has 0 fully saturated rings. The summed E-state index contributed by atoms with van der Waals surface area (Å²) >= 11 is 4.29. The van der Waals surface area contributed by atoms with Gasteiger partial charge in [0.1, 0.15) is 0 Å². The van der Waals surface area contributed by atoms with Crippen LogP contribution in [0.3, 0.4) is 0 Å². The van der Waals surface area contributed by atoms with E-state index in [4.69, 9.17) is 0 Å². The minimum Gasteiger partial charge on any atom is -0.253 e. The second-order valence-corrected chi connectivity index (χ2v) is 4.71. The van der Waals surface area contributed by atoms with E-state index in [9.17, 15) is 0 Å². The summed E-state index contributed by atoms with van der Waals surface area (Å²) in [4.78, 5) is 4.64. The van der Waals surface area contributed by atoms with Gasteiger partial charge in [0, 0.05) is 17.0 Å². The molecular formula is C15H17NS. The standard InChI is InChI=1S/C15H17NS/c1-10-4-5-13(8-11(10)2)15-7-6-14(9-17)12(3)16-15/h4-8,17H,9H2,1-3H3. The molecule has 0 bridgehead atoms. The van der Waals surface area contributed by atoms with Gasteiger partial charge in [0.25, 0.3) is 0 Å². The van der Waals surface area contributed by atoms with Crippen LogP contribution in [0.4, 0.5) is 0 Å². The van der Waals surface area contributed by atoms with Gasteiger partial charge < -0.3 is 0 Å². The molecule has 1 nitrogen and oxygen atoms in total. The predicted octanol–water partition coefficient (Wildman–Crippen LogP) is 4.10.